The van der Waals surface area contributed by atoms with E-state index in [1.807, 2.05) is 0 Å². The molecule has 184 valence electrons. The summed E-state index contributed by atoms with van der Waals surface area (Å²) in [5, 5.41) is 2.67. The molecule has 3 aromatic rings. The molecule has 0 aliphatic carbocycles. The lowest BCUT2D eigenvalue weighted by Crippen LogP contribution is -2.28. The summed E-state index contributed by atoms with van der Waals surface area (Å²) in [4.78, 5) is 13.3. The van der Waals surface area contributed by atoms with Crippen LogP contribution in [0.5, 0.6) is 5.75 Å². The number of carbonyl (C=O) groups is 1. The van der Waals surface area contributed by atoms with Crippen LogP contribution in [-0.4, -0.2) is 47.2 Å². The van der Waals surface area contributed by atoms with Gasteiger partial charge in [0.2, 0.25) is 10.0 Å². The number of anilines is 2. The number of methoxy groups -OCH3 is 1. The summed E-state index contributed by atoms with van der Waals surface area (Å²) in [5.74, 6) is -0.369. The maximum absolute atomic E-state index is 13.2. The summed E-state index contributed by atoms with van der Waals surface area (Å²) < 4.78 is 60.7. The van der Waals surface area contributed by atoms with Crippen LogP contribution in [0.2, 0.25) is 0 Å². The predicted molar refractivity (Wildman–Crippen MR) is 133 cm³/mol. The van der Waals surface area contributed by atoms with Crippen LogP contribution in [0.3, 0.4) is 0 Å². The molecule has 0 bridgehead atoms. The van der Waals surface area contributed by atoms with Gasteiger partial charge in [0.05, 0.1) is 33.8 Å². The van der Waals surface area contributed by atoms with Crippen LogP contribution in [0.1, 0.15) is 23.2 Å². The van der Waals surface area contributed by atoms with E-state index in [0.717, 1.165) is 12.8 Å². The molecule has 2 N–H and O–H groups in total. The molecule has 1 saturated heterocycles. The van der Waals surface area contributed by atoms with Crippen molar-refractivity contribution >= 4 is 37.3 Å². The van der Waals surface area contributed by atoms with Gasteiger partial charge in [0, 0.05) is 13.1 Å². The highest BCUT2D eigenvalue weighted by Gasteiger charge is 2.28. The standard InChI is InChI=1S/C24H25N3O6S2/c1-33-23-14-13-19(35(31,32)27-15-7-8-16-27)17-22(23)25-24(28)20-11-5-6-12-21(20)26-34(29,30)18-9-3-2-4-10-18/h2-6,9-14,17,26H,7-8,15-16H2,1H3,(H,25,28). The summed E-state index contributed by atoms with van der Waals surface area (Å²) in [6.07, 6.45) is 1.60. The number of benzene rings is 3. The van der Waals surface area contributed by atoms with Crippen LogP contribution < -0.4 is 14.8 Å². The van der Waals surface area contributed by atoms with Crippen LogP contribution in [0, 0.1) is 0 Å². The summed E-state index contributed by atoms with van der Waals surface area (Å²) in [5.41, 5.74) is 0.286. The van der Waals surface area contributed by atoms with E-state index in [-0.39, 0.29) is 32.5 Å². The second-order valence-electron chi connectivity index (χ2n) is 7.89. The zero-order valence-electron chi connectivity index (χ0n) is 19.0. The van der Waals surface area contributed by atoms with Gasteiger partial charge < -0.3 is 10.1 Å². The summed E-state index contributed by atoms with van der Waals surface area (Å²) >= 11 is 0. The Kier molecular flexibility index (Phi) is 7.10. The van der Waals surface area contributed by atoms with Crippen molar-refractivity contribution in [2.75, 3.05) is 30.2 Å². The van der Waals surface area contributed by atoms with Crippen molar-refractivity contribution in [1.29, 1.82) is 0 Å². The average Bonchev–Trinajstić information content (AvgIpc) is 3.41. The Balaban J connectivity index is 1.63. The molecule has 1 heterocycles. The molecule has 9 nitrogen and oxygen atoms in total. The van der Waals surface area contributed by atoms with Gasteiger partial charge in [0.1, 0.15) is 5.75 Å². The van der Waals surface area contributed by atoms with Gasteiger partial charge in [0.25, 0.3) is 15.9 Å². The topological polar surface area (TPSA) is 122 Å². The van der Waals surface area contributed by atoms with E-state index in [1.165, 1.54) is 53.9 Å². The third kappa shape index (κ3) is 5.31. The molecular weight excluding hydrogens is 490 g/mol. The number of para-hydroxylation sites is 1. The van der Waals surface area contributed by atoms with Gasteiger partial charge in [-0.3, -0.25) is 9.52 Å². The van der Waals surface area contributed by atoms with Crippen molar-refractivity contribution in [3.63, 3.8) is 0 Å². The fourth-order valence-corrected chi connectivity index (χ4v) is 6.43. The highest BCUT2D eigenvalue weighted by Crippen LogP contribution is 2.31. The van der Waals surface area contributed by atoms with E-state index in [9.17, 15) is 21.6 Å². The molecule has 1 fully saturated rings. The monoisotopic (exact) mass is 515 g/mol. The van der Waals surface area contributed by atoms with Crippen molar-refractivity contribution in [1.82, 2.24) is 4.31 Å². The van der Waals surface area contributed by atoms with Crippen molar-refractivity contribution in [3.8, 4) is 5.75 Å². The zero-order valence-corrected chi connectivity index (χ0v) is 20.6. The third-order valence-corrected chi connectivity index (χ3v) is 8.87. The molecule has 0 radical (unpaired) electrons. The summed E-state index contributed by atoms with van der Waals surface area (Å²) in [6.45, 7) is 0.899. The molecule has 3 aromatic carbocycles. The van der Waals surface area contributed by atoms with Gasteiger partial charge in [-0.2, -0.15) is 4.31 Å². The number of amides is 1. The van der Waals surface area contributed by atoms with E-state index in [1.54, 1.807) is 30.3 Å². The van der Waals surface area contributed by atoms with Crippen molar-refractivity contribution in [2.45, 2.75) is 22.6 Å². The number of rotatable bonds is 8. The lowest BCUT2D eigenvalue weighted by atomic mass is 10.1. The highest BCUT2D eigenvalue weighted by molar-refractivity contribution is 7.92. The first-order valence-corrected chi connectivity index (χ1v) is 13.8. The first-order chi connectivity index (χ1) is 16.7. The van der Waals surface area contributed by atoms with Crippen molar-refractivity contribution < 1.29 is 26.4 Å². The number of carbonyl (C=O) groups excluding carboxylic acids is 1. The molecule has 1 aliphatic rings. The van der Waals surface area contributed by atoms with Crippen LogP contribution >= 0.6 is 0 Å². The van der Waals surface area contributed by atoms with Gasteiger partial charge in [-0.15, -0.1) is 0 Å². The number of sulfonamides is 2. The molecule has 1 amide bonds. The second-order valence-corrected chi connectivity index (χ2v) is 11.5. The highest BCUT2D eigenvalue weighted by atomic mass is 32.2. The SMILES string of the molecule is COc1ccc(S(=O)(=O)N2CCCC2)cc1NC(=O)c1ccccc1NS(=O)(=O)c1ccccc1. The van der Waals surface area contributed by atoms with E-state index >= 15 is 0 Å². The third-order valence-electron chi connectivity index (χ3n) is 5.59. The van der Waals surface area contributed by atoms with Crippen molar-refractivity contribution in [3.05, 3.63) is 78.4 Å². The average molecular weight is 516 g/mol. The lowest BCUT2D eigenvalue weighted by Gasteiger charge is -2.18. The molecule has 0 atom stereocenters. The van der Waals surface area contributed by atoms with E-state index in [0.29, 0.717) is 13.1 Å². The number of ether oxygens (including phenoxy) is 1. The van der Waals surface area contributed by atoms with E-state index < -0.39 is 26.0 Å². The molecule has 0 spiro atoms. The number of nitrogens with zero attached hydrogens (tertiary/aromatic N) is 1. The largest absolute Gasteiger partial charge is 0.495 e. The fraction of sp³-hybridized carbons (Fsp3) is 0.208. The molecule has 1 aliphatic heterocycles. The smallest absolute Gasteiger partial charge is 0.261 e. The Labute approximate surface area is 204 Å². The Bertz CT molecular complexity index is 1440. The van der Waals surface area contributed by atoms with Gasteiger partial charge in [-0.05, 0) is 55.3 Å². The van der Waals surface area contributed by atoms with Gasteiger partial charge in [-0.25, -0.2) is 16.8 Å². The van der Waals surface area contributed by atoms with Gasteiger partial charge >= 0.3 is 0 Å². The Hall–Kier alpha value is -3.41. The number of hydrogen-bond donors (Lipinski definition) is 2. The minimum atomic E-state index is -3.93. The first kappa shape index (κ1) is 24.7. The quantitative estimate of drug-likeness (QED) is 0.473. The molecule has 0 saturated carbocycles. The number of nitrogens with one attached hydrogen (secondary N) is 2. The molecule has 4 rings (SSSR count). The van der Waals surface area contributed by atoms with E-state index in [2.05, 4.69) is 10.0 Å². The second kappa shape index (κ2) is 10.1. The summed E-state index contributed by atoms with van der Waals surface area (Å²) in [7, 11) is -6.24. The maximum Gasteiger partial charge on any atom is 0.261 e. The van der Waals surface area contributed by atoms with Crippen LogP contribution in [-0.2, 0) is 20.0 Å². The Morgan fingerprint density at radius 1 is 0.829 bits per heavy atom. The fourth-order valence-electron chi connectivity index (χ4n) is 3.79. The van der Waals surface area contributed by atoms with Crippen LogP contribution in [0.25, 0.3) is 0 Å². The number of hydrogen-bond acceptors (Lipinski definition) is 6. The van der Waals surface area contributed by atoms with Crippen molar-refractivity contribution in [2.24, 2.45) is 0 Å². The molecule has 11 heteroatoms. The Morgan fingerprint density at radius 3 is 2.17 bits per heavy atom. The van der Waals surface area contributed by atoms with Gasteiger partial charge in [-0.1, -0.05) is 30.3 Å². The maximum atomic E-state index is 13.2. The first-order valence-electron chi connectivity index (χ1n) is 10.9. The van der Waals surface area contributed by atoms with Gasteiger partial charge in [0.15, 0.2) is 0 Å². The normalized spacial score (nSPS) is 14.4. The predicted octanol–water partition coefficient (Wildman–Crippen LogP) is 3.53. The van der Waals surface area contributed by atoms with E-state index in [4.69, 9.17) is 4.74 Å². The minimum Gasteiger partial charge on any atom is -0.495 e. The Morgan fingerprint density at radius 2 is 1.49 bits per heavy atom. The molecule has 0 aromatic heterocycles. The molecule has 35 heavy (non-hydrogen) atoms. The zero-order chi connectivity index (χ0) is 25.1. The van der Waals surface area contributed by atoms with Crippen LogP contribution in [0.4, 0.5) is 11.4 Å². The summed E-state index contributed by atoms with van der Waals surface area (Å²) in [6, 6.07) is 18.2. The molecule has 0 unspecified atom stereocenters. The lowest BCUT2D eigenvalue weighted by molar-refractivity contribution is 0.102. The van der Waals surface area contributed by atoms with Crippen LogP contribution in [0.15, 0.2) is 82.6 Å². The molecular formula is C24H25N3O6S2. The minimum absolute atomic E-state index is 0.0357.